The molecule has 0 fully saturated rings. The number of hydrogen-bond donors (Lipinski definition) is 1. The van der Waals surface area contributed by atoms with Crippen molar-refractivity contribution in [1.82, 2.24) is 0 Å². The van der Waals surface area contributed by atoms with Gasteiger partial charge in [0.1, 0.15) is 0 Å². The maximum Gasteiger partial charge on any atom is 0.0782 e. The molecule has 1 N–H and O–H groups in total. The first kappa shape index (κ1) is 11.1. The Labute approximate surface area is 86.2 Å². The van der Waals surface area contributed by atoms with Gasteiger partial charge in [0.05, 0.1) is 6.10 Å². The van der Waals surface area contributed by atoms with E-state index in [4.69, 9.17) is 0 Å². The molecular weight excluding hydrogens is 174 g/mol. The third-order valence-electron chi connectivity index (χ3n) is 2.43. The predicted octanol–water partition coefficient (Wildman–Crippen LogP) is 2.37. The largest absolute Gasteiger partial charge is 0.389 e. The molecule has 0 aromatic heterocycles. The first-order valence-corrected chi connectivity index (χ1v) is 5.04. The highest BCUT2D eigenvalue weighted by atomic mass is 16.3. The van der Waals surface area contributed by atoms with E-state index < -0.39 is 6.10 Å². The van der Waals surface area contributed by atoms with Gasteiger partial charge in [-0.3, -0.25) is 0 Å². The van der Waals surface area contributed by atoms with E-state index in [0.29, 0.717) is 0 Å². The molecule has 0 aliphatic carbocycles. The lowest BCUT2D eigenvalue weighted by Gasteiger charge is -2.20. The summed E-state index contributed by atoms with van der Waals surface area (Å²) < 4.78 is 0. The lowest BCUT2D eigenvalue weighted by molar-refractivity contribution is 0.199. The topological polar surface area (TPSA) is 23.5 Å². The molecule has 1 aromatic carbocycles. The molecule has 0 heterocycles. The summed E-state index contributed by atoms with van der Waals surface area (Å²) in [6, 6.07) is 6.27. The van der Waals surface area contributed by atoms with Gasteiger partial charge in [0.25, 0.3) is 0 Å². The van der Waals surface area contributed by atoms with E-state index in [9.17, 15) is 5.11 Å². The van der Waals surface area contributed by atoms with E-state index in [2.05, 4.69) is 25.1 Å². The number of nitrogens with zero attached hydrogens (tertiary/aromatic N) is 1. The maximum absolute atomic E-state index is 9.65. The van der Waals surface area contributed by atoms with Crippen LogP contribution in [0.4, 0.5) is 5.69 Å². The van der Waals surface area contributed by atoms with E-state index in [1.165, 1.54) is 5.56 Å². The standard InChI is InChI=1S/C12H19NO/c1-5-10-6-7-12(13(3)4)11(8-10)9(2)14/h6-9,14H,5H2,1-4H3. The second kappa shape index (κ2) is 4.47. The van der Waals surface area contributed by atoms with Crippen LogP contribution in [0.25, 0.3) is 0 Å². The quantitative estimate of drug-likeness (QED) is 0.796. The van der Waals surface area contributed by atoms with Crippen molar-refractivity contribution in [1.29, 1.82) is 0 Å². The number of hydrogen-bond acceptors (Lipinski definition) is 2. The van der Waals surface area contributed by atoms with E-state index in [1.54, 1.807) is 0 Å². The first-order valence-electron chi connectivity index (χ1n) is 5.04. The van der Waals surface area contributed by atoms with Crippen molar-refractivity contribution >= 4 is 5.69 Å². The molecule has 0 amide bonds. The normalized spacial score (nSPS) is 12.6. The zero-order valence-electron chi connectivity index (χ0n) is 9.41. The number of anilines is 1. The summed E-state index contributed by atoms with van der Waals surface area (Å²) in [5.74, 6) is 0. The van der Waals surface area contributed by atoms with Crippen molar-refractivity contribution in [3.05, 3.63) is 29.3 Å². The Morgan fingerprint density at radius 3 is 2.43 bits per heavy atom. The van der Waals surface area contributed by atoms with Crippen molar-refractivity contribution in [2.45, 2.75) is 26.4 Å². The second-order valence-electron chi connectivity index (χ2n) is 3.82. The SMILES string of the molecule is CCc1ccc(N(C)C)c(C(C)O)c1. The zero-order valence-corrected chi connectivity index (χ0v) is 9.41. The Balaban J connectivity index is 3.17. The molecule has 0 radical (unpaired) electrons. The number of aryl methyl sites for hydroxylation is 1. The van der Waals surface area contributed by atoms with E-state index in [-0.39, 0.29) is 0 Å². The minimum Gasteiger partial charge on any atom is -0.389 e. The number of aliphatic hydroxyl groups excluding tert-OH is 1. The highest BCUT2D eigenvalue weighted by molar-refractivity contribution is 5.54. The number of rotatable bonds is 3. The average Bonchev–Trinajstić information content (AvgIpc) is 2.16. The molecule has 0 bridgehead atoms. The Morgan fingerprint density at radius 1 is 1.36 bits per heavy atom. The molecule has 1 rings (SSSR count). The van der Waals surface area contributed by atoms with Gasteiger partial charge in [-0.05, 0) is 25.0 Å². The van der Waals surface area contributed by atoms with Gasteiger partial charge >= 0.3 is 0 Å². The van der Waals surface area contributed by atoms with Gasteiger partial charge in [-0.1, -0.05) is 19.1 Å². The fraction of sp³-hybridized carbons (Fsp3) is 0.500. The molecule has 2 heteroatoms. The minimum atomic E-state index is -0.404. The van der Waals surface area contributed by atoms with Crippen LogP contribution in [-0.2, 0) is 6.42 Å². The molecule has 0 saturated carbocycles. The number of benzene rings is 1. The van der Waals surface area contributed by atoms with Crippen LogP contribution in [0.15, 0.2) is 18.2 Å². The summed E-state index contributed by atoms with van der Waals surface area (Å²) in [5, 5.41) is 9.65. The molecule has 14 heavy (non-hydrogen) atoms. The van der Waals surface area contributed by atoms with Gasteiger partial charge in [0.15, 0.2) is 0 Å². The van der Waals surface area contributed by atoms with E-state index in [1.807, 2.05) is 25.9 Å². The van der Waals surface area contributed by atoms with Crippen molar-refractivity contribution in [2.75, 3.05) is 19.0 Å². The van der Waals surface area contributed by atoms with Crippen LogP contribution in [0.5, 0.6) is 0 Å². The van der Waals surface area contributed by atoms with Crippen LogP contribution in [0.2, 0.25) is 0 Å². The monoisotopic (exact) mass is 193 g/mol. The lowest BCUT2D eigenvalue weighted by Crippen LogP contribution is -2.12. The predicted molar refractivity (Wildman–Crippen MR) is 60.8 cm³/mol. The first-order chi connectivity index (χ1) is 6.56. The van der Waals surface area contributed by atoms with Crippen LogP contribution < -0.4 is 4.90 Å². The zero-order chi connectivity index (χ0) is 10.7. The number of aliphatic hydroxyl groups is 1. The molecule has 0 saturated heterocycles. The summed E-state index contributed by atoms with van der Waals surface area (Å²) in [5.41, 5.74) is 3.37. The molecule has 1 aromatic rings. The summed E-state index contributed by atoms with van der Waals surface area (Å²) in [6.07, 6.45) is 0.604. The molecule has 0 spiro atoms. The van der Waals surface area contributed by atoms with Crippen LogP contribution in [0.3, 0.4) is 0 Å². The Morgan fingerprint density at radius 2 is 2.00 bits per heavy atom. The Kier molecular flexibility index (Phi) is 3.53. The fourth-order valence-corrected chi connectivity index (χ4v) is 1.57. The van der Waals surface area contributed by atoms with Gasteiger partial charge in [0.2, 0.25) is 0 Å². The molecular formula is C12H19NO. The second-order valence-corrected chi connectivity index (χ2v) is 3.82. The third kappa shape index (κ3) is 2.26. The highest BCUT2D eigenvalue weighted by Crippen LogP contribution is 2.26. The maximum atomic E-state index is 9.65. The van der Waals surface area contributed by atoms with Crippen LogP contribution in [0, 0.1) is 0 Å². The van der Waals surface area contributed by atoms with Crippen molar-refractivity contribution < 1.29 is 5.11 Å². The average molecular weight is 193 g/mol. The van der Waals surface area contributed by atoms with Gasteiger partial charge in [-0.15, -0.1) is 0 Å². The third-order valence-corrected chi connectivity index (χ3v) is 2.43. The van der Waals surface area contributed by atoms with Crippen molar-refractivity contribution in [3.63, 3.8) is 0 Å². The summed E-state index contributed by atoms with van der Waals surface area (Å²) in [4.78, 5) is 2.03. The fourth-order valence-electron chi connectivity index (χ4n) is 1.57. The minimum absolute atomic E-state index is 0.404. The summed E-state index contributed by atoms with van der Waals surface area (Å²) in [7, 11) is 3.99. The molecule has 1 unspecified atom stereocenters. The summed E-state index contributed by atoms with van der Waals surface area (Å²) in [6.45, 7) is 3.93. The molecule has 1 atom stereocenters. The van der Waals surface area contributed by atoms with Gasteiger partial charge < -0.3 is 10.0 Å². The molecule has 78 valence electrons. The Bertz CT molecular complexity index is 305. The lowest BCUT2D eigenvalue weighted by atomic mass is 10.0. The van der Waals surface area contributed by atoms with Crippen LogP contribution in [-0.4, -0.2) is 19.2 Å². The van der Waals surface area contributed by atoms with Crippen molar-refractivity contribution in [2.24, 2.45) is 0 Å². The van der Waals surface area contributed by atoms with Gasteiger partial charge in [-0.25, -0.2) is 0 Å². The molecule has 0 aliphatic heterocycles. The van der Waals surface area contributed by atoms with Gasteiger partial charge in [-0.2, -0.15) is 0 Å². The molecule has 2 nitrogen and oxygen atoms in total. The van der Waals surface area contributed by atoms with Crippen molar-refractivity contribution in [3.8, 4) is 0 Å². The summed E-state index contributed by atoms with van der Waals surface area (Å²) >= 11 is 0. The van der Waals surface area contributed by atoms with Gasteiger partial charge in [0, 0.05) is 25.3 Å². The van der Waals surface area contributed by atoms with Crippen LogP contribution >= 0.6 is 0 Å². The Hall–Kier alpha value is -1.02. The van der Waals surface area contributed by atoms with Crippen LogP contribution in [0.1, 0.15) is 31.1 Å². The highest BCUT2D eigenvalue weighted by Gasteiger charge is 2.09. The van der Waals surface area contributed by atoms with E-state index in [0.717, 1.165) is 17.7 Å². The molecule has 0 aliphatic rings. The van der Waals surface area contributed by atoms with E-state index >= 15 is 0 Å². The smallest absolute Gasteiger partial charge is 0.0782 e.